The van der Waals surface area contributed by atoms with Crippen LogP contribution in [0.4, 0.5) is 0 Å². The van der Waals surface area contributed by atoms with Crippen LogP contribution in [0.25, 0.3) is 0 Å². The van der Waals surface area contributed by atoms with E-state index in [-0.39, 0.29) is 18.6 Å². The van der Waals surface area contributed by atoms with E-state index in [0.717, 1.165) is 30.9 Å². The Hall–Kier alpha value is -2.39. The monoisotopic (exact) mass is 391 g/mol. The van der Waals surface area contributed by atoms with E-state index in [1.165, 1.54) is 11.8 Å². The summed E-state index contributed by atoms with van der Waals surface area (Å²) in [6.07, 6.45) is 3.58. The first-order valence-corrected chi connectivity index (χ1v) is 9.66. The van der Waals surface area contributed by atoms with E-state index in [0.29, 0.717) is 22.9 Å². The topological polar surface area (TPSA) is 104 Å². The van der Waals surface area contributed by atoms with Crippen molar-refractivity contribution in [3.05, 3.63) is 41.4 Å². The molecule has 144 valence electrons. The van der Waals surface area contributed by atoms with Crippen LogP contribution in [-0.4, -0.2) is 47.9 Å². The molecule has 1 aliphatic rings. The average Bonchev–Trinajstić information content (AvgIpc) is 3.34. The van der Waals surface area contributed by atoms with E-state index in [2.05, 4.69) is 15.5 Å². The number of carbonyl (C=O) groups is 2. The second kappa shape index (κ2) is 9.52. The fraction of sp³-hybridized carbons (Fsp3) is 0.444. The largest absolute Gasteiger partial charge is 0.452 e. The number of pyridine rings is 1. The van der Waals surface area contributed by atoms with E-state index in [4.69, 9.17) is 14.0 Å². The Labute approximate surface area is 161 Å². The second-order valence-electron chi connectivity index (χ2n) is 6.09. The number of amides is 1. The molecular formula is C18H21N3O5S. The van der Waals surface area contributed by atoms with Gasteiger partial charge >= 0.3 is 5.97 Å². The fourth-order valence-electron chi connectivity index (χ4n) is 2.58. The van der Waals surface area contributed by atoms with Crippen molar-refractivity contribution in [1.29, 1.82) is 0 Å². The highest BCUT2D eigenvalue weighted by atomic mass is 32.2. The summed E-state index contributed by atoms with van der Waals surface area (Å²) in [5, 5.41) is 7.15. The Morgan fingerprint density at radius 2 is 2.33 bits per heavy atom. The van der Waals surface area contributed by atoms with Gasteiger partial charge in [-0.1, -0.05) is 16.9 Å². The predicted molar refractivity (Wildman–Crippen MR) is 97.3 cm³/mol. The Balaban J connectivity index is 1.49. The molecule has 0 aliphatic carbocycles. The summed E-state index contributed by atoms with van der Waals surface area (Å²) >= 11 is 1.35. The molecule has 0 aromatic carbocycles. The Morgan fingerprint density at radius 1 is 1.44 bits per heavy atom. The normalized spacial score (nSPS) is 16.3. The molecule has 0 radical (unpaired) electrons. The first-order valence-electron chi connectivity index (χ1n) is 8.67. The zero-order valence-corrected chi connectivity index (χ0v) is 15.8. The number of hydrogen-bond acceptors (Lipinski definition) is 8. The number of nitrogens with one attached hydrogen (secondary N) is 1. The number of hydrogen-bond donors (Lipinski definition) is 1. The molecular weight excluding hydrogens is 370 g/mol. The van der Waals surface area contributed by atoms with Gasteiger partial charge in [0, 0.05) is 31.2 Å². The number of rotatable bonds is 8. The number of thioether (sulfide) groups is 1. The van der Waals surface area contributed by atoms with Crippen LogP contribution in [-0.2, 0) is 20.0 Å². The summed E-state index contributed by atoms with van der Waals surface area (Å²) in [5.41, 5.74) is 1.07. The van der Waals surface area contributed by atoms with Gasteiger partial charge in [-0.3, -0.25) is 4.79 Å². The first kappa shape index (κ1) is 19.4. The van der Waals surface area contributed by atoms with Gasteiger partial charge in [-0.15, -0.1) is 0 Å². The number of carbonyl (C=O) groups excluding carboxylic acids is 2. The lowest BCUT2D eigenvalue weighted by Gasteiger charge is -2.11. The molecule has 1 amide bonds. The molecule has 9 heteroatoms. The van der Waals surface area contributed by atoms with Crippen LogP contribution in [0, 0.1) is 6.92 Å². The van der Waals surface area contributed by atoms with E-state index in [1.807, 2.05) is 13.0 Å². The Morgan fingerprint density at radius 3 is 3.07 bits per heavy atom. The van der Waals surface area contributed by atoms with Gasteiger partial charge in [0.1, 0.15) is 10.8 Å². The van der Waals surface area contributed by atoms with Crippen molar-refractivity contribution in [3.63, 3.8) is 0 Å². The number of ether oxygens (including phenoxy) is 2. The predicted octanol–water partition coefficient (Wildman–Crippen LogP) is 2.12. The Bertz CT molecular complexity index is 789. The van der Waals surface area contributed by atoms with E-state index in [1.54, 1.807) is 18.3 Å². The molecule has 1 atom stereocenters. The second-order valence-corrected chi connectivity index (χ2v) is 7.05. The van der Waals surface area contributed by atoms with Gasteiger partial charge in [-0.25, -0.2) is 9.78 Å². The summed E-state index contributed by atoms with van der Waals surface area (Å²) in [5.74, 6) is 0.292. The lowest BCUT2D eigenvalue weighted by Crippen LogP contribution is -2.34. The SMILES string of the molecule is Cc1cc(CSc2ncccc2C(=O)OCC(=O)NC[C@H]2CCCO2)no1. The highest BCUT2D eigenvalue weighted by Crippen LogP contribution is 2.24. The molecule has 1 N–H and O–H groups in total. The molecule has 0 saturated carbocycles. The fourth-order valence-corrected chi connectivity index (χ4v) is 3.45. The van der Waals surface area contributed by atoms with Crippen molar-refractivity contribution >= 4 is 23.6 Å². The number of esters is 1. The molecule has 1 fully saturated rings. The van der Waals surface area contributed by atoms with E-state index in [9.17, 15) is 9.59 Å². The van der Waals surface area contributed by atoms with Crippen molar-refractivity contribution in [2.24, 2.45) is 0 Å². The lowest BCUT2D eigenvalue weighted by atomic mass is 10.2. The molecule has 0 spiro atoms. The molecule has 2 aromatic heterocycles. The summed E-state index contributed by atoms with van der Waals surface area (Å²) < 4.78 is 15.6. The maximum Gasteiger partial charge on any atom is 0.341 e. The summed E-state index contributed by atoms with van der Waals surface area (Å²) in [4.78, 5) is 28.4. The maximum atomic E-state index is 12.3. The van der Waals surface area contributed by atoms with Crippen LogP contribution in [0.3, 0.4) is 0 Å². The van der Waals surface area contributed by atoms with Crippen molar-refractivity contribution < 1.29 is 23.6 Å². The van der Waals surface area contributed by atoms with E-state index < -0.39 is 5.97 Å². The van der Waals surface area contributed by atoms with Gasteiger partial charge in [0.15, 0.2) is 6.61 Å². The highest BCUT2D eigenvalue weighted by Gasteiger charge is 2.18. The molecule has 2 aromatic rings. The third kappa shape index (κ3) is 5.80. The van der Waals surface area contributed by atoms with Gasteiger partial charge in [0.05, 0.1) is 17.4 Å². The molecule has 3 rings (SSSR count). The molecule has 1 aliphatic heterocycles. The van der Waals surface area contributed by atoms with Gasteiger partial charge in [-0.05, 0) is 31.9 Å². The van der Waals surface area contributed by atoms with Crippen LogP contribution in [0.2, 0.25) is 0 Å². The first-order chi connectivity index (χ1) is 13.1. The molecule has 8 nitrogen and oxygen atoms in total. The minimum absolute atomic E-state index is 0.0474. The summed E-state index contributed by atoms with van der Waals surface area (Å²) in [6, 6.07) is 5.10. The Kier molecular flexibility index (Phi) is 6.83. The molecule has 1 saturated heterocycles. The average molecular weight is 391 g/mol. The smallest absolute Gasteiger partial charge is 0.341 e. The number of aromatic nitrogens is 2. The van der Waals surface area contributed by atoms with Gasteiger partial charge in [0.2, 0.25) is 0 Å². The zero-order valence-electron chi connectivity index (χ0n) is 15.0. The summed E-state index contributed by atoms with van der Waals surface area (Å²) in [6.45, 7) is 2.63. The van der Waals surface area contributed by atoms with Crippen LogP contribution in [0.1, 0.15) is 34.7 Å². The van der Waals surface area contributed by atoms with Crippen molar-refractivity contribution in [1.82, 2.24) is 15.5 Å². The van der Waals surface area contributed by atoms with Crippen LogP contribution in [0.15, 0.2) is 33.9 Å². The summed E-state index contributed by atoms with van der Waals surface area (Å²) in [7, 11) is 0. The minimum atomic E-state index is -0.589. The highest BCUT2D eigenvalue weighted by molar-refractivity contribution is 7.98. The maximum absolute atomic E-state index is 12.3. The minimum Gasteiger partial charge on any atom is -0.452 e. The van der Waals surface area contributed by atoms with E-state index >= 15 is 0 Å². The van der Waals surface area contributed by atoms with Gasteiger partial charge in [0.25, 0.3) is 5.91 Å². The number of nitrogens with zero attached hydrogens (tertiary/aromatic N) is 2. The molecule has 0 unspecified atom stereocenters. The lowest BCUT2D eigenvalue weighted by molar-refractivity contribution is -0.124. The van der Waals surface area contributed by atoms with Gasteiger partial charge < -0.3 is 19.3 Å². The van der Waals surface area contributed by atoms with Crippen molar-refractivity contribution in [2.75, 3.05) is 19.8 Å². The van der Waals surface area contributed by atoms with Crippen molar-refractivity contribution in [3.8, 4) is 0 Å². The van der Waals surface area contributed by atoms with Gasteiger partial charge in [-0.2, -0.15) is 0 Å². The quantitative estimate of drug-likeness (QED) is 0.539. The van der Waals surface area contributed by atoms with Crippen LogP contribution >= 0.6 is 11.8 Å². The van der Waals surface area contributed by atoms with Crippen molar-refractivity contribution in [2.45, 2.75) is 36.6 Å². The zero-order chi connectivity index (χ0) is 19.1. The molecule has 3 heterocycles. The number of aryl methyl sites for hydroxylation is 1. The van der Waals surface area contributed by atoms with Crippen LogP contribution in [0.5, 0.6) is 0 Å². The molecule has 0 bridgehead atoms. The molecule has 27 heavy (non-hydrogen) atoms. The van der Waals surface area contributed by atoms with Crippen LogP contribution < -0.4 is 5.32 Å². The standard InChI is InChI=1S/C18H21N3O5S/c1-12-8-13(21-26-12)11-27-17-15(5-2-6-19-17)18(23)25-10-16(22)20-9-14-4-3-7-24-14/h2,5-6,8,14H,3-4,7,9-11H2,1H3,(H,20,22)/t14-/m1/s1. The third-order valence-corrected chi connectivity index (χ3v) is 4.95. The third-order valence-electron chi connectivity index (χ3n) is 3.91.